The van der Waals surface area contributed by atoms with E-state index in [9.17, 15) is 18.0 Å². The summed E-state index contributed by atoms with van der Waals surface area (Å²) in [6.07, 6.45) is 0.0577. The number of nitrogens with one attached hydrogen (secondary N) is 1. The lowest BCUT2D eigenvalue weighted by atomic mass is 9.97. The zero-order valence-corrected chi connectivity index (χ0v) is 15.3. The number of rotatable bonds is 6. The first kappa shape index (κ1) is 19.4. The number of ketones is 1. The zero-order valence-electron chi connectivity index (χ0n) is 14.5. The number of sulfonamides is 1. The number of amides is 1. The predicted molar refractivity (Wildman–Crippen MR) is 100 cm³/mol. The predicted octanol–water partition coefficient (Wildman–Crippen LogP) is 2.32. The van der Waals surface area contributed by atoms with E-state index < -0.39 is 15.9 Å². The summed E-state index contributed by atoms with van der Waals surface area (Å²) in [6.45, 7) is 2.96. The van der Waals surface area contributed by atoms with Crippen molar-refractivity contribution in [2.45, 2.75) is 25.2 Å². The minimum Gasteiger partial charge on any atom is -0.398 e. The van der Waals surface area contributed by atoms with Crippen LogP contribution in [0.3, 0.4) is 0 Å². The van der Waals surface area contributed by atoms with Crippen molar-refractivity contribution in [3.05, 3.63) is 65.7 Å². The second-order valence-corrected chi connectivity index (χ2v) is 7.30. The highest BCUT2D eigenvalue weighted by Gasteiger charge is 2.18. The standard InChI is InChI=1S/C19H20N2O4S/c1-3-17(23)21-26(24,25)16-11-9-14(10-12-16)18(13(2)22)19(20)15-7-5-4-6-8-15/h4-12H,3,20H2,1-2H3,(H,21,23). The van der Waals surface area contributed by atoms with E-state index in [0.717, 1.165) is 0 Å². The molecule has 0 fully saturated rings. The Hall–Kier alpha value is -2.93. The van der Waals surface area contributed by atoms with E-state index in [4.69, 9.17) is 5.73 Å². The van der Waals surface area contributed by atoms with Gasteiger partial charge in [0.2, 0.25) is 5.91 Å². The molecule has 0 atom stereocenters. The number of carbonyl (C=O) groups is 2. The molecule has 0 saturated heterocycles. The molecule has 0 saturated carbocycles. The second-order valence-electron chi connectivity index (χ2n) is 5.62. The van der Waals surface area contributed by atoms with E-state index in [-0.39, 0.29) is 17.1 Å². The fourth-order valence-corrected chi connectivity index (χ4v) is 3.45. The molecule has 0 heterocycles. The summed E-state index contributed by atoms with van der Waals surface area (Å²) in [4.78, 5) is 23.4. The third kappa shape index (κ3) is 4.37. The van der Waals surface area contributed by atoms with E-state index in [0.29, 0.717) is 22.4 Å². The molecule has 2 aromatic rings. The molecule has 0 aliphatic carbocycles. The number of hydrogen-bond acceptors (Lipinski definition) is 5. The molecule has 0 radical (unpaired) electrons. The van der Waals surface area contributed by atoms with Crippen LogP contribution in [0.1, 0.15) is 31.4 Å². The van der Waals surface area contributed by atoms with Gasteiger partial charge in [-0.05, 0) is 30.2 Å². The topological polar surface area (TPSA) is 106 Å². The molecule has 3 N–H and O–H groups in total. The van der Waals surface area contributed by atoms with Crippen molar-refractivity contribution in [3.8, 4) is 0 Å². The van der Waals surface area contributed by atoms with Crippen LogP contribution in [0.15, 0.2) is 59.5 Å². The van der Waals surface area contributed by atoms with Gasteiger partial charge in [0.25, 0.3) is 10.0 Å². The lowest BCUT2D eigenvalue weighted by Gasteiger charge is -2.11. The fraction of sp³-hybridized carbons (Fsp3) is 0.158. The Morgan fingerprint density at radius 3 is 2.04 bits per heavy atom. The van der Waals surface area contributed by atoms with E-state index in [1.807, 2.05) is 22.9 Å². The van der Waals surface area contributed by atoms with Gasteiger partial charge in [0.05, 0.1) is 10.6 Å². The normalized spacial score (nSPS) is 12.2. The van der Waals surface area contributed by atoms with Crippen molar-refractivity contribution < 1.29 is 18.0 Å². The van der Waals surface area contributed by atoms with E-state index in [1.165, 1.54) is 31.2 Å². The van der Waals surface area contributed by atoms with Crippen LogP contribution in [0.25, 0.3) is 11.3 Å². The summed E-state index contributed by atoms with van der Waals surface area (Å²) in [5, 5.41) is 0. The molecular formula is C19H20N2O4S. The van der Waals surface area contributed by atoms with E-state index in [2.05, 4.69) is 0 Å². The van der Waals surface area contributed by atoms with Crippen molar-refractivity contribution in [1.29, 1.82) is 0 Å². The number of Topliss-reactive ketones (excluding diaryl/α,β-unsaturated/α-hetero) is 1. The molecule has 6 nitrogen and oxygen atoms in total. The van der Waals surface area contributed by atoms with Gasteiger partial charge in [0.15, 0.2) is 5.78 Å². The first-order valence-electron chi connectivity index (χ1n) is 7.98. The summed E-state index contributed by atoms with van der Waals surface area (Å²) in [5.41, 5.74) is 7.98. The Balaban J connectivity index is 2.45. The van der Waals surface area contributed by atoms with Gasteiger partial charge in [-0.3, -0.25) is 9.59 Å². The smallest absolute Gasteiger partial charge is 0.264 e. The third-order valence-corrected chi connectivity index (χ3v) is 5.12. The van der Waals surface area contributed by atoms with Crippen LogP contribution >= 0.6 is 0 Å². The molecule has 136 valence electrons. The highest BCUT2D eigenvalue weighted by Crippen LogP contribution is 2.25. The number of allylic oxidation sites excluding steroid dienone is 1. The van der Waals surface area contributed by atoms with Gasteiger partial charge in [-0.25, -0.2) is 13.1 Å². The van der Waals surface area contributed by atoms with Gasteiger partial charge < -0.3 is 5.73 Å². The maximum absolute atomic E-state index is 12.1. The molecule has 0 unspecified atom stereocenters. The molecule has 0 aromatic heterocycles. The van der Waals surface area contributed by atoms with E-state index >= 15 is 0 Å². The SMILES string of the molecule is CCC(=O)NS(=O)(=O)c1ccc(C(C(C)=O)=C(N)c2ccccc2)cc1. The van der Waals surface area contributed by atoms with Crippen LogP contribution in [-0.2, 0) is 19.6 Å². The van der Waals surface area contributed by atoms with Crippen molar-refractivity contribution in [3.63, 3.8) is 0 Å². The number of hydrogen-bond donors (Lipinski definition) is 2. The minimum absolute atomic E-state index is 0.0577. The van der Waals surface area contributed by atoms with Crippen LogP contribution in [0, 0.1) is 0 Å². The molecule has 0 bridgehead atoms. The molecule has 2 aromatic carbocycles. The Kier molecular flexibility index (Phi) is 5.94. The maximum atomic E-state index is 12.1. The molecular weight excluding hydrogens is 352 g/mol. The highest BCUT2D eigenvalue weighted by molar-refractivity contribution is 7.90. The Labute approximate surface area is 152 Å². The zero-order chi connectivity index (χ0) is 19.3. The van der Waals surface area contributed by atoms with Crippen LogP contribution in [-0.4, -0.2) is 20.1 Å². The number of benzene rings is 2. The minimum atomic E-state index is -3.94. The van der Waals surface area contributed by atoms with Gasteiger partial charge in [0.1, 0.15) is 0 Å². The number of carbonyl (C=O) groups excluding carboxylic acids is 2. The second kappa shape index (κ2) is 7.97. The van der Waals surface area contributed by atoms with Crippen molar-refractivity contribution in [2.24, 2.45) is 5.73 Å². The summed E-state index contributed by atoms with van der Waals surface area (Å²) in [5.74, 6) is -0.826. The third-order valence-electron chi connectivity index (χ3n) is 3.73. The van der Waals surface area contributed by atoms with Gasteiger partial charge >= 0.3 is 0 Å². The average Bonchev–Trinajstić information content (AvgIpc) is 2.62. The summed E-state index contributed by atoms with van der Waals surface area (Å²) in [6, 6.07) is 14.7. The van der Waals surface area contributed by atoms with Crippen molar-refractivity contribution >= 4 is 33.0 Å². The highest BCUT2D eigenvalue weighted by atomic mass is 32.2. The van der Waals surface area contributed by atoms with Gasteiger partial charge in [-0.15, -0.1) is 0 Å². The van der Waals surface area contributed by atoms with Crippen LogP contribution in [0.5, 0.6) is 0 Å². The van der Waals surface area contributed by atoms with Crippen molar-refractivity contribution in [2.75, 3.05) is 0 Å². The molecule has 2 rings (SSSR count). The summed E-state index contributed by atoms with van der Waals surface area (Å²) >= 11 is 0. The lowest BCUT2D eigenvalue weighted by Crippen LogP contribution is -2.29. The molecule has 0 aliphatic rings. The molecule has 0 aliphatic heterocycles. The van der Waals surface area contributed by atoms with Gasteiger partial charge in [-0.1, -0.05) is 49.4 Å². The molecule has 7 heteroatoms. The summed E-state index contributed by atoms with van der Waals surface area (Å²) in [7, 11) is -3.94. The largest absolute Gasteiger partial charge is 0.398 e. The molecule has 26 heavy (non-hydrogen) atoms. The Bertz CT molecular complexity index is 947. The monoisotopic (exact) mass is 372 g/mol. The van der Waals surface area contributed by atoms with Crippen molar-refractivity contribution in [1.82, 2.24) is 4.72 Å². The van der Waals surface area contributed by atoms with Crippen LogP contribution in [0.4, 0.5) is 0 Å². The Morgan fingerprint density at radius 2 is 1.54 bits per heavy atom. The summed E-state index contributed by atoms with van der Waals surface area (Å²) < 4.78 is 26.2. The van der Waals surface area contributed by atoms with Crippen LogP contribution in [0.2, 0.25) is 0 Å². The Morgan fingerprint density at radius 1 is 0.962 bits per heavy atom. The lowest BCUT2D eigenvalue weighted by molar-refractivity contribution is -0.119. The molecule has 1 amide bonds. The quantitative estimate of drug-likeness (QED) is 0.598. The number of nitrogens with two attached hydrogens (primary N) is 1. The van der Waals surface area contributed by atoms with Crippen LogP contribution < -0.4 is 10.5 Å². The fourth-order valence-electron chi connectivity index (χ4n) is 2.39. The van der Waals surface area contributed by atoms with Gasteiger partial charge in [0, 0.05) is 12.0 Å². The average molecular weight is 372 g/mol. The first-order valence-corrected chi connectivity index (χ1v) is 9.46. The molecule has 0 spiro atoms. The van der Waals surface area contributed by atoms with E-state index in [1.54, 1.807) is 19.1 Å². The maximum Gasteiger partial charge on any atom is 0.264 e. The first-order chi connectivity index (χ1) is 12.3. The van der Waals surface area contributed by atoms with Gasteiger partial charge in [-0.2, -0.15) is 0 Å².